The van der Waals surface area contributed by atoms with E-state index in [4.69, 9.17) is 4.74 Å². The lowest BCUT2D eigenvalue weighted by atomic mass is 9.87. The summed E-state index contributed by atoms with van der Waals surface area (Å²) in [6.45, 7) is 5.49. The van der Waals surface area contributed by atoms with Crippen LogP contribution in [0.3, 0.4) is 0 Å². The topological polar surface area (TPSA) is 106 Å². The van der Waals surface area contributed by atoms with Crippen LogP contribution in [-0.4, -0.2) is 50.2 Å². The number of nitrogens with one attached hydrogen (secondary N) is 1. The molecule has 0 aliphatic heterocycles. The molecule has 1 aromatic carbocycles. The molecule has 0 saturated heterocycles. The van der Waals surface area contributed by atoms with Crippen LogP contribution in [0.15, 0.2) is 48.2 Å². The molecule has 0 bridgehead atoms. The van der Waals surface area contributed by atoms with Gasteiger partial charge in [0.25, 0.3) is 0 Å². The number of carbonyl (C=O) groups excluding carboxylic acids is 1. The van der Waals surface area contributed by atoms with Gasteiger partial charge in [0, 0.05) is 24.5 Å². The van der Waals surface area contributed by atoms with E-state index in [1.54, 1.807) is 17.0 Å². The third-order valence-electron chi connectivity index (χ3n) is 5.39. The number of carboxylic acids is 1. The van der Waals surface area contributed by atoms with Crippen LogP contribution in [0.5, 0.6) is 0 Å². The number of amides is 1. The second kappa shape index (κ2) is 9.67. The fourth-order valence-electron chi connectivity index (χ4n) is 3.78. The number of nitrogens with zero attached hydrogens (tertiary/aromatic N) is 3. The Labute approximate surface area is 175 Å². The number of carbonyl (C=O) groups is 2. The maximum Gasteiger partial charge on any atom is 0.331 e. The van der Waals surface area contributed by atoms with Gasteiger partial charge in [0.05, 0.1) is 30.5 Å². The molecule has 2 aromatic rings. The average molecular weight is 412 g/mol. The van der Waals surface area contributed by atoms with Crippen molar-refractivity contribution in [3.63, 3.8) is 0 Å². The molecule has 160 valence electrons. The van der Waals surface area contributed by atoms with Crippen molar-refractivity contribution in [2.24, 2.45) is 0 Å². The predicted octanol–water partition coefficient (Wildman–Crippen LogP) is 2.98. The number of carboxylic acid groups (broad SMARTS) is 1. The first-order chi connectivity index (χ1) is 14.4. The van der Waals surface area contributed by atoms with E-state index < -0.39 is 24.2 Å². The summed E-state index contributed by atoms with van der Waals surface area (Å²) in [6.07, 6.45) is 4.59. The zero-order valence-corrected chi connectivity index (χ0v) is 17.5. The maximum absolute atomic E-state index is 12.0. The van der Waals surface area contributed by atoms with Crippen molar-refractivity contribution in [1.82, 2.24) is 20.3 Å². The van der Waals surface area contributed by atoms with Gasteiger partial charge >= 0.3 is 5.97 Å². The monoisotopic (exact) mass is 412 g/mol. The fourth-order valence-corrected chi connectivity index (χ4v) is 3.78. The van der Waals surface area contributed by atoms with E-state index in [2.05, 4.69) is 15.6 Å². The molecule has 8 heteroatoms. The zero-order chi connectivity index (χ0) is 21.7. The third-order valence-corrected chi connectivity index (χ3v) is 5.39. The number of ether oxygens (including phenoxy) is 1. The Morgan fingerprint density at radius 1 is 1.27 bits per heavy atom. The van der Waals surface area contributed by atoms with Gasteiger partial charge < -0.3 is 15.2 Å². The standard InChI is InChI=1S/C22H28N4O4/c1-4-17(5-2)30-20-12-16(22(28)29)11-19(21(20)23-14(3)27)26-13-18(24-25-26)15-9-7-6-8-10-15/h6-10,12-13,17,19-21H,4-5,11H2,1-3H3,(H,23,27)(H,28,29)/t19-,20+,21+/m0/s1. The van der Waals surface area contributed by atoms with E-state index in [0.717, 1.165) is 18.4 Å². The normalized spacial score (nSPS) is 21.3. The van der Waals surface area contributed by atoms with Crippen LogP contribution in [-0.2, 0) is 14.3 Å². The van der Waals surface area contributed by atoms with Crippen LogP contribution in [0.2, 0.25) is 0 Å². The van der Waals surface area contributed by atoms with Crippen LogP contribution in [0.25, 0.3) is 11.3 Å². The molecule has 1 amide bonds. The molecule has 8 nitrogen and oxygen atoms in total. The van der Waals surface area contributed by atoms with E-state index in [9.17, 15) is 14.7 Å². The predicted molar refractivity (Wildman–Crippen MR) is 112 cm³/mol. The first-order valence-corrected chi connectivity index (χ1v) is 10.3. The SMILES string of the molecule is CCC(CC)O[C@@H]1C=C(C(=O)O)C[C@H](n2cc(-c3ccccc3)nn2)[C@H]1NC(C)=O. The van der Waals surface area contributed by atoms with Crippen LogP contribution in [0.1, 0.15) is 46.1 Å². The van der Waals surface area contributed by atoms with Crippen molar-refractivity contribution >= 4 is 11.9 Å². The van der Waals surface area contributed by atoms with Crippen molar-refractivity contribution in [2.45, 2.75) is 64.3 Å². The molecule has 0 unspecified atom stereocenters. The number of aromatic nitrogens is 3. The summed E-state index contributed by atoms with van der Waals surface area (Å²) < 4.78 is 7.85. The Bertz CT molecular complexity index is 905. The van der Waals surface area contributed by atoms with Crippen LogP contribution < -0.4 is 5.32 Å². The van der Waals surface area contributed by atoms with Gasteiger partial charge in [0.2, 0.25) is 5.91 Å². The van der Waals surface area contributed by atoms with Crippen LogP contribution >= 0.6 is 0 Å². The molecule has 1 heterocycles. The Morgan fingerprint density at radius 3 is 2.57 bits per heavy atom. The summed E-state index contributed by atoms with van der Waals surface area (Å²) in [7, 11) is 0. The van der Waals surface area contributed by atoms with Crippen molar-refractivity contribution in [3.05, 3.63) is 48.2 Å². The first-order valence-electron chi connectivity index (χ1n) is 10.3. The van der Waals surface area contributed by atoms with E-state index in [1.807, 2.05) is 44.2 Å². The van der Waals surface area contributed by atoms with Gasteiger partial charge in [-0.2, -0.15) is 0 Å². The van der Waals surface area contributed by atoms with Crippen LogP contribution in [0, 0.1) is 0 Å². The highest BCUT2D eigenvalue weighted by molar-refractivity contribution is 5.87. The van der Waals surface area contributed by atoms with E-state index in [1.165, 1.54) is 6.92 Å². The fraction of sp³-hybridized carbons (Fsp3) is 0.455. The van der Waals surface area contributed by atoms with Gasteiger partial charge in [-0.15, -0.1) is 5.10 Å². The third kappa shape index (κ3) is 4.94. The Kier molecular flexibility index (Phi) is 6.99. The average Bonchev–Trinajstić information content (AvgIpc) is 3.23. The first kappa shape index (κ1) is 21.7. The highest BCUT2D eigenvalue weighted by Gasteiger charge is 2.39. The van der Waals surface area contributed by atoms with Gasteiger partial charge in [-0.05, 0) is 18.9 Å². The minimum atomic E-state index is -0.997. The van der Waals surface area contributed by atoms with E-state index >= 15 is 0 Å². The summed E-state index contributed by atoms with van der Waals surface area (Å²) in [5.74, 6) is -1.21. The summed E-state index contributed by atoms with van der Waals surface area (Å²) >= 11 is 0. The van der Waals surface area contributed by atoms with E-state index in [-0.39, 0.29) is 24.0 Å². The van der Waals surface area contributed by atoms with Gasteiger partial charge in [0.15, 0.2) is 0 Å². The maximum atomic E-state index is 12.0. The summed E-state index contributed by atoms with van der Waals surface area (Å²) in [6, 6.07) is 8.72. The highest BCUT2D eigenvalue weighted by atomic mass is 16.5. The smallest absolute Gasteiger partial charge is 0.331 e. The summed E-state index contributed by atoms with van der Waals surface area (Å²) in [5, 5.41) is 21.1. The number of hydrogen-bond donors (Lipinski definition) is 2. The minimum absolute atomic E-state index is 0.0353. The molecule has 1 aliphatic carbocycles. The Balaban J connectivity index is 1.98. The quantitative estimate of drug-likeness (QED) is 0.690. The minimum Gasteiger partial charge on any atom is -0.478 e. The lowest BCUT2D eigenvalue weighted by Gasteiger charge is -2.37. The molecule has 3 rings (SSSR count). The lowest BCUT2D eigenvalue weighted by molar-refractivity contribution is -0.133. The number of aliphatic carboxylic acids is 1. The molecule has 0 spiro atoms. The molecule has 0 radical (unpaired) electrons. The summed E-state index contributed by atoms with van der Waals surface area (Å²) in [4.78, 5) is 23.8. The molecule has 1 aliphatic rings. The van der Waals surface area contributed by atoms with Crippen LogP contribution in [0.4, 0.5) is 0 Å². The van der Waals surface area contributed by atoms with Gasteiger partial charge in [-0.25, -0.2) is 9.48 Å². The zero-order valence-electron chi connectivity index (χ0n) is 17.5. The van der Waals surface area contributed by atoms with Gasteiger partial charge in [-0.1, -0.05) is 49.4 Å². The second-order valence-corrected chi connectivity index (χ2v) is 7.48. The lowest BCUT2D eigenvalue weighted by Crippen LogP contribution is -2.52. The highest BCUT2D eigenvalue weighted by Crippen LogP contribution is 2.32. The molecule has 0 saturated carbocycles. The van der Waals surface area contributed by atoms with Crippen molar-refractivity contribution in [2.75, 3.05) is 0 Å². The van der Waals surface area contributed by atoms with Crippen molar-refractivity contribution in [3.8, 4) is 11.3 Å². The molecular weight excluding hydrogens is 384 g/mol. The van der Waals surface area contributed by atoms with Gasteiger partial charge in [-0.3, -0.25) is 4.79 Å². The Morgan fingerprint density at radius 2 is 1.97 bits per heavy atom. The summed E-state index contributed by atoms with van der Waals surface area (Å²) in [5.41, 5.74) is 1.84. The Hall–Kier alpha value is -3.00. The van der Waals surface area contributed by atoms with E-state index in [0.29, 0.717) is 5.69 Å². The van der Waals surface area contributed by atoms with Crippen molar-refractivity contribution in [1.29, 1.82) is 0 Å². The molecule has 2 N–H and O–H groups in total. The second-order valence-electron chi connectivity index (χ2n) is 7.48. The van der Waals surface area contributed by atoms with Gasteiger partial charge in [0.1, 0.15) is 5.69 Å². The number of hydrogen-bond acceptors (Lipinski definition) is 5. The molecule has 0 fully saturated rings. The largest absolute Gasteiger partial charge is 0.478 e. The number of rotatable bonds is 8. The van der Waals surface area contributed by atoms with Crippen molar-refractivity contribution < 1.29 is 19.4 Å². The molecule has 3 atom stereocenters. The number of benzene rings is 1. The molecule has 30 heavy (non-hydrogen) atoms. The molecular formula is C22H28N4O4. The molecule has 1 aromatic heterocycles.